The largest absolute Gasteiger partial charge is 0.346 e. The predicted molar refractivity (Wildman–Crippen MR) is 121 cm³/mol. The van der Waals surface area contributed by atoms with E-state index >= 15 is 0 Å². The van der Waals surface area contributed by atoms with Crippen LogP contribution in [0, 0.1) is 5.41 Å². The number of aromatic nitrogens is 2. The molecule has 30 heavy (non-hydrogen) atoms. The number of hydrogen-bond donors (Lipinski definition) is 2. The molecule has 156 valence electrons. The number of nitrogens with one attached hydrogen (secondary N) is 1. The topological polar surface area (TPSA) is 97.7 Å². The second-order valence-corrected chi connectivity index (χ2v) is 8.21. The molecule has 8 heteroatoms. The van der Waals surface area contributed by atoms with Crippen molar-refractivity contribution in [2.45, 2.75) is 44.8 Å². The maximum absolute atomic E-state index is 8.37. The van der Waals surface area contributed by atoms with Gasteiger partial charge in [0.2, 0.25) is 5.95 Å². The lowest BCUT2D eigenvalue weighted by atomic mass is 9.86. The van der Waals surface area contributed by atoms with E-state index in [1.807, 2.05) is 29.3 Å². The van der Waals surface area contributed by atoms with Gasteiger partial charge in [-0.15, -0.1) is 0 Å². The molecule has 0 aliphatic carbocycles. The molecule has 3 N–H and O–H groups in total. The van der Waals surface area contributed by atoms with E-state index in [-0.39, 0.29) is 11.7 Å². The van der Waals surface area contributed by atoms with Crippen LogP contribution in [-0.4, -0.2) is 53.0 Å². The van der Waals surface area contributed by atoms with Crippen molar-refractivity contribution in [2.24, 2.45) is 10.7 Å². The highest BCUT2D eigenvalue weighted by atomic mass is 15.4. The first-order chi connectivity index (χ1) is 14.6. The smallest absolute Gasteiger partial charge is 0.233 e. The van der Waals surface area contributed by atoms with Gasteiger partial charge in [-0.3, -0.25) is 15.3 Å². The third kappa shape index (κ3) is 2.63. The van der Waals surface area contributed by atoms with Gasteiger partial charge in [0.15, 0.2) is 5.82 Å². The Bertz CT molecular complexity index is 1000. The van der Waals surface area contributed by atoms with Crippen LogP contribution >= 0.6 is 0 Å². The zero-order chi connectivity index (χ0) is 20.9. The Morgan fingerprint density at radius 2 is 2.07 bits per heavy atom. The number of aliphatic imine (C=N–C) groups is 1. The van der Waals surface area contributed by atoms with E-state index in [9.17, 15) is 0 Å². The summed E-state index contributed by atoms with van der Waals surface area (Å²) in [5.41, 5.74) is 8.43. The Morgan fingerprint density at radius 1 is 1.27 bits per heavy atom. The van der Waals surface area contributed by atoms with Crippen molar-refractivity contribution in [3.63, 3.8) is 0 Å². The average molecular weight is 405 g/mol. The van der Waals surface area contributed by atoms with Crippen molar-refractivity contribution in [1.29, 1.82) is 5.41 Å². The van der Waals surface area contributed by atoms with E-state index in [0.717, 1.165) is 61.8 Å². The highest BCUT2D eigenvalue weighted by Gasteiger charge is 2.52. The monoisotopic (exact) mass is 404 g/mol. The fourth-order valence-corrected chi connectivity index (χ4v) is 5.21. The summed E-state index contributed by atoms with van der Waals surface area (Å²) in [4.78, 5) is 20.8. The molecule has 2 atom stereocenters. The third-order valence-corrected chi connectivity index (χ3v) is 6.70. The van der Waals surface area contributed by atoms with E-state index < -0.39 is 0 Å². The second-order valence-electron chi connectivity index (χ2n) is 8.21. The zero-order valence-electron chi connectivity index (χ0n) is 17.5. The standard InChI is InChI=1S/C22H28N8/c1-3-22-10-7-12-29(22)19-17(30(15(2)23)20(22)24)14-26-21(27-19)28-13-11-25-18(28)16-8-5-4-6-9-16/h4-6,8-9,14,20,23H,3,7,10-13,24H2,1-2H3/t20?,22-/m0/s1. The minimum absolute atomic E-state index is 0.206. The van der Waals surface area contributed by atoms with Crippen molar-refractivity contribution in [1.82, 2.24) is 9.97 Å². The number of nitrogens with zero attached hydrogens (tertiary/aromatic N) is 6. The minimum atomic E-state index is -0.280. The Hall–Kier alpha value is -3.00. The van der Waals surface area contributed by atoms with Gasteiger partial charge >= 0.3 is 0 Å². The highest BCUT2D eigenvalue weighted by molar-refractivity contribution is 6.10. The molecular weight excluding hydrogens is 376 g/mol. The van der Waals surface area contributed by atoms with Gasteiger partial charge < -0.3 is 15.5 Å². The molecule has 1 fully saturated rings. The first kappa shape index (κ1) is 19.0. The van der Waals surface area contributed by atoms with Crippen LogP contribution < -0.4 is 20.4 Å². The van der Waals surface area contributed by atoms with Gasteiger partial charge in [-0.25, -0.2) is 4.98 Å². The normalized spacial score (nSPS) is 25.2. The molecule has 3 aliphatic rings. The fourth-order valence-electron chi connectivity index (χ4n) is 5.21. The van der Waals surface area contributed by atoms with Gasteiger partial charge in [0.05, 0.1) is 24.1 Å². The third-order valence-electron chi connectivity index (χ3n) is 6.70. The summed E-state index contributed by atoms with van der Waals surface area (Å²) in [6, 6.07) is 10.2. The van der Waals surface area contributed by atoms with Gasteiger partial charge in [0.1, 0.15) is 17.7 Å². The fraction of sp³-hybridized carbons (Fsp3) is 0.455. The summed E-state index contributed by atoms with van der Waals surface area (Å²) < 4.78 is 0. The lowest BCUT2D eigenvalue weighted by Gasteiger charge is -2.52. The Balaban J connectivity index is 1.60. The van der Waals surface area contributed by atoms with E-state index in [1.165, 1.54) is 0 Å². The molecule has 1 unspecified atom stereocenters. The lowest BCUT2D eigenvalue weighted by Crippen LogP contribution is -2.68. The number of benzene rings is 1. The molecule has 2 aromatic rings. The summed E-state index contributed by atoms with van der Waals surface area (Å²) in [5.74, 6) is 2.87. The Morgan fingerprint density at radius 3 is 2.80 bits per heavy atom. The number of hydrogen-bond acceptors (Lipinski definition) is 7. The van der Waals surface area contributed by atoms with Crippen LogP contribution in [0.1, 0.15) is 38.7 Å². The summed E-state index contributed by atoms with van der Waals surface area (Å²) in [7, 11) is 0. The molecule has 1 aromatic carbocycles. The van der Waals surface area contributed by atoms with Crippen molar-refractivity contribution in [2.75, 3.05) is 34.3 Å². The maximum Gasteiger partial charge on any atom is 0.233 e. The van der Waals surface area contributed by atoms with Crippen molar-refractivity contribution < 1.29 is 0 Å². The first-order valence-corrected chi connectivity index (χ1v) is 10.7. The van der Waals surface area contributed by atoms with Crippen LogP contribution in [0.2, 0.25) is 0 Å². The van der Waals surface area contributed by atoms with Gasteiger partial charge in [0, 0.05) is 18.7 Å². The summed E-state index contributed by atoms with van der Waals surface area (Å²) in [6.45, 7) is 6.38. The van der Waals surface area contributed by atoms with Crippen molar-refractivity contribution in [3.05, 3.63) is 42.1 Å². The highest BCUT2D eigenvalue weighted by Crippen LogP contribution is 2.47. The SMILES string of the molecule is CC[C@@]12CCCN1c1nc(N3CCN=C3c3ccccc3)ncc1N(C(C)=N)C2N. The van der Waals surface area contributed by atoms with E-state index in [1.54, 1.807) is 6.92 Å². The van der Waals surface area contributed by atoms with Gasteiger partial charge in [-0.1, -0.05) is 37.3 Å². The molecule has 1 aromatic heterocycles. The zero-order valence-corrected chi connectivity index (χ0v) is 17.5. The Kier molecular flexibility index (Phi) is 4.47. The van der Waals surface area contributed by atoms with E-state index in [4.69, 9.17) is 26.1 Å². The van der Waals surface area contributed by atoms with E-state index in [0.29, 0.717) is 11.8 Å². The molecule has 0 saturated carbocycles. The summed E-state index contributed by atoms with van der Waals surface area (Å²) in [6.07, 6.45) is 4.54. The quantitative estimate of drug-likeness (QED) is 0.603. The number of nitrogens with two attached hydrogens (primary N) is 1. The molecule has 5 rings (SSSR count). The summed E-state index contributed by atoms with van der Waals surface area (Å²) >= 11 is 0. The molecule has 0 radical (unpaired) electrons. The number of amidine groups is 2. The summed E-state index contributed by atoms with van der Waals surface area (Å²) in [5, 5.41) is 8.37. The van der Waals surface area contributed by atoms with Gasteiger partial charge in [-0.2, -0.15) is 4.98 Å². The number of fused-ring (bicyclic) bond motifs is 3. The van der Waals surface area contributed by atoms with Crippen LogP contribution in [0.4, 0.5) is 17.5 Å². The van der Waals surface area contributed by atoms with Gasteiger partial charge in [-0.05, 0) is 26.2 Å². The van der Waals surface area contributed by atoms with Crippen LogP contribution in [0.3, 0.4) is 0 Å². The van der Waals surface area contributed by atoms with Crippen LogP contribution in [0.15, 0.2) is 41.5 Å². The van der Waals surface area contributed by atoms with Crippen molar-refractivity contribution in [3.8, 4) is 0 Å². The number of rotatable bonds is 3. The minimum Gasteiger partial charge on any atom is -0.346 e. The molecule has 3 aliphatic heterocycles. The molecule has 0 spiro atoms. The number of anilines is 3. The molecule has 1 saturated heterocycles. The van der Waals surface area contributed by atoms with Crippen LogP contribution in [0.5, 0.6) is 0 Å². The lowest BCUT2D eigenvalue weighted by molar-refractivity contribution is 0.325. The first-order valence-electron chi connectivity index (χ1n) is 10.7. The average Bonchev–Trinajstić information content (AvgIpc) is 3.42. The molecular formula is C22H28N8. The maximum atomic E-state index is 8.37. The van der Waals surface area contributed by atoms with E-state index in [2.05, 4.69) is 28.9 Å². The second kappa shape index (κ2) is 7.05. The molecule has 8 nitrogen and oxygen atoms in total. The Labute approximate surface area is 176 Å². The van der Waals surface area contributed by atoms with Crippen molar-refractivity contribution >= 4 is 29.1 Å². The molecule has 4 heterocycles. The van der Waals surface area contributed by atoms with Crippen LogP contribution in [-0.2, 0) is 0 Å². The van der Waals surface area contributed by atoms with Gasteiger partial charge in [0.25, 0.3) is 0 Å². The molecule has 0 bridgehead atoms. The molecule has 0 amide bonds. The predicted octanol–water partition coefficient (Wildman–Crippen LogP) is 2.59. The van der Waals surface area contributed by atoms with Crippen LogP contribution in [0.25, 0.3) is 0 Å².